The SMILES string of the molecule is CCc1nn(CC)c(CC(C)(N)c2ccccc2Cl)c1Cl. The smallest absolute Gasteiger partial charge is 0.0850 e. The fourth-order valence-corrected chi connectivity index (χ4v) is 3.24. The van der Waals surface area contributed by atoms with E-state index in [0.717, 1.165) is 34.9 Å². The Morgan fingerprint density at radius 2 is 1.90 bits per heavy atom. The van der Waals surface area contributed by atoms with Gasteiger partial charge in [0, 0.05) is 23.5 Å². The second-order valence-electron chi connectivity index (χ2n) is 5.45. The van der Waals surface area contributed by atoms with Gasteiger partial charge in [-0.25, -0.2) is 0 Å². The van der Waals surface area contributed by atoms with E-state index in [-0.39, 0.29) is 0 Å². The van der Waals surface area contributed by atoms with Crippen LogP contribution in [0.15, 0.2) is 24.3 Å². The minimum atomic E-state index is -0.597. The predicted octanol–water partition coefficient (Wildman–Crippen LogP) is 4.19. The number of hydrogen-bond acceptors (Lipinski definition) is 2. The highest BCUT2D eigenvalue weighted by Crippen LogP contribution is 2.32. The first-order chi connectivity index (χ1) is 9.90. The Kier molecular flexibility index (Phi) is 4.97. The molecule has 0 bridgehead atoms. The van der Waals surface area contributed by atoms with E-state index in [1.807, 2.05) is 42.8 Å². The number of rotatable bonds is 5. The number of aromatic nitrogens is 2. The molecule has 5 heteroatoms. The highest BCUT2D eigenvalue weighted by molar-refractivity contribution is 6.32. The van der Waals surface area contributed by atoms with Crippen LogP contribution >= 0.6 is 23.2 Å². The van der Waals surface area contributed by atoms with Crippen LogP contribution in [0.4, 0.5) is 0 Å². The molecule has 0 aliphatic heterocycles. The van der Waals surface area contributed by atoms with E-state index in [0.29, 0.717) is 11.4 Å². The van der Waals surface area contributed by atoms with Crippen LogP contribution in [0.5, 0.6) is 0 Å². The highest BCUT2D eigenvalue weighted by atomic mass is 35.5. The Bertz CT molecular complexity index is 632. The fraction of sp³-hybridized carbons (Fsp3) is 0.438. The molecule has 1 unspecified atom stereocenters. The summed E-state index contributed by atoms with van der Waals surface area (Å²) in [5, 5.41) is 5.95. The van der Waals surface area contributed by atoms with Crippen molar-refractivity contribution in [3.63, 3.8) is 0 Å². The molecule has 0 saturated carbocycles. The standard InChI is InChI=1S/C16H21Cl2N3/c1-4-13-15(18)14(21(5-2)20-13)10-16(3,19)11-8-6-7-9-12(11)17/h6-9H,4-5,10,19H2,1-3H3. The average Bonchev–Trinajstić information content (AvgIpc) is 2.75. The minimum absolute atomic E-state index is 0.594. The second-order valence-corrected chi connectivity index (χ2v) is 6.24. The van der Waals surface area contributed by atoms with Crippen LogP contribution in [0, 0.1) is 0 Å². The number of benzene rings is 1. The van der Waals surface area contributed by atoms with Crippen molar-refractivity contribution in [3.05, 3.63) is 51.3 Å². The van der Waals surface area contributed by atoms with Crippen LogP contribution in [0.1, 0.15) is 37.7 Å². The third kappa shape index (κ3) is 3.25. The zero-order valence-electron chi connectivity index (χ0n) is 12.7. The van der Waals surface area contributed by atoms with E-state index >= 15 is 0 Å². The first-order valence-corrected chi connectivity index (χ1v) is 7.94. The van der Waals surface area contributed by atoms with E-state index in [2.05, 4.69) is 12.0 Å². The van der Waals surface area contributed by atoms with Crippen molar-refractivity contribution in [2.75, 3.05) is 0 Å². The lowest BCUT2D eigenvalue weighted by Crippen LogP contribution is -2.36. The molecule has 2 aromatic rings. The lowest BCUT2D eigenvalue weighted by atomic mass is 9.88. The van der Waals surface area contributed by atoms with Gasteiger partial charge in [-0.15, -0.1) is 0 Å². The molecule has 0 amide bonds. The van der Waals surface area contributed by atoms with Gasteiger partial charge in [-0.1, -0.05) is 48.3 Å². The highest BCUT2D eigenvalue weighted by Gasteiger charge is 2.28. The Balaban J connectivity index is 2.41. The summed E-state index contributed by atoms with van der Waals surface area (Å²) in [5.74, 6) is 0. The maximum atomic E-state index is 6.53. The zero-order valence-corrected chi connectivity index (χ0v) is 14.2. The van der Waals surface area contributed by atoms with Crippen molar-refractivity contribution in [1.29, 1.82) is 0 Å². The maximum Gasteiger partial charge on any atom is 0.0850 e. The number of nitrogens with two attached hydrogens (primary N) is 1. The van der Waals surface area contributed by atoms with Crippen LogP contribution < -0.4 is 5.73 Å². The van der Waals surface area contributed by atoms with Crippen molar-refractivity contribution in [1.82, 2.24) is 9.78 Å². The molecule has 2 N–H and O–H groups in total. The molecule has 0 aliphatic rings. The summed E-state index contributed by atoms with van der Waals surface area (Å²) in [5.41, 5.74) is 8.75. The van der Waals surface area contributed by atoms with Crippen LogP contribution in [-0.2, 0) is 24.9 Å². The zero-order chi connectivity index (χ0) is 15.6. The summed E-state index contributed by atoms with van der Waals surface area (Å²) in [6, 6.07) is 7.67. The van der Waals surface area contributed by atoms with Crippen LogP contribution in [0.3, 0.4) is 0 Å². The topological polar surface area (TPSA) is 43.8 Å². The normalized spacial score (nSPS) is 14.2. The third-order valence-electron chi connectivity index (χ3n) is 3.72. The van der Waals surface area contributed by atoms with Crippen LogP contribution in [0.2, 0.25) is 10.0 Å². The summed E-state index contributed by atoms with van der Waals surface area (Å²) in [6.07, 6.45) is 1.41. The van der Waals surface area contributed by atoms with E-state index in [1.165, 1.54) is 0 Å². The van der Waals surface area contributed by atoms with Gasteiger partial charge in [0.25, 0.3) is 0 Å². The average molecular weight is 326 g/mol. The summed E-state index contributed by atoms with van der Waals surface area (Å²) >= 11 is 12.8. The van der Waals surface area contributed by atoms with Gasteiger partial charge in [-0.2, -0.15) is 5.10 Å². The Hall–Kier alpha value is -1.03. The molecule has 0 aliphatic carbocycles. The van der Waals surface area contributed by atoms with Gasteiger partial charge in [0.1, 0.15) is 0 Å². The second kappa shape index (κ2) is 6.39. The number of aryl methyl sites for hydroxylation is 2. The number of nitrogens with zero attached hydrogens (tertiary/aromatic N) is 2. The van der Waals surface area contributed by atoms with Crippen molar-refractivity contribution in [2.24, 2.45) is 5.73 Å². The molecule has 0 spiro atoms. The summed E-state index contributed by atoms with van der Waals surface area (Å²) in [6.45, 7) is 6.85. The molecule has 1 heterocycles. The maximum absolute atomic E-state index is 6.53. The molecular formula is C16H21Cl2N3. The van der Waals surface area contributed by atoms with Crippen molar-refractivity contribution < 1.29 is 0 Å². The molecule has 1 atom stereocenters. The van der Waals surface area contributed by atoms with Gasteiger partial charge in [0.15, 0.2) is 0 Å². The number of halogens is 2. The third-order valence-corrected chi connectivity index (χ3v) is 4.48. The molecule has 21 heavy (non-hydrogen) atoms. The van der Waals surface area contributed by atoms with E-state index in [1.54, 1.807) is 0 Å². The molecular weight excluding hydrogens is 305 g/mol. The largest absolute Gasteiger partial charge is 0.321 e. The quantitative estimate of drug-likeness (QED) is 0.895. The summed E-state index contributed by atoms with van der Waals surface area (Å²) < 4.78 is 1.93. The van der Waals surface area contributed by atoms with Crippen molar-refractivity contribution >= 4 is 23.2 Å². The van der Waals surface area contributed by atoms with E-state index < -0.39 is 5.54 Å². The van der Waals surface area contributed by atoms with Crippen molar-refractivity contribution in [3.8, 4) is 0 Å². The van der Waals surface area contributed by atoms with E-state index in [9.17, 15) is 0 Å². The molecule has 1 aromatic carbocycles. The lowest BCUT2D eigenvalue weighted by Gasteiger charge is -2.26. The predicted molar refractivity (Wildman–Crippen MR) is 89.0 cm³/mol. The molecule has 0 saturated heterocycles. The number of hydrogen-bond donors (Lipinski definition) is 1. The molecule has 0 radical (unpaired) electrons. The van der Waals surface area contributed by atoms with E-state index in [4.69, 9.17) is 28.9 Å². The molecule has 3 nitrogen and oxygen atoms in total. The molecule has 2 rings (SSSR count). The minimum Gasteiger partial charge on any atom is -0.321 e. The summed E-state index contributed by atoms with van der Waals surface area (Å²) in [7, 11) is 0. The van der Waals surface area contributed by atoms with Crippen LogP contribution in [0.25, 0.3) is 0 Å². The Morgan fingerprint density at radius 3 is 2.48 bits per heavy atom. The molecule has 114 valence electrons. The Labute approximate surface area is 136 Å². The molecule has 0 fully saturated rings. The fourth-order valence-electron chi connectivity index (χ4n) is 2.55. The van der Waals surface area contributed by atoms with Crippen molar-refractivity contribution in [2.45, 2.75) is 45.7 Å². The van der Waals surface area contributed by atoms with Gasteiger partial charge < -0.3 is 5.73 Å². The van der Waals surface area contributed by atoms with Gasteiger partial charge in [-0.05, 0) is 31.9 Å². The lowest BCUT2D eigenvalue weighted by molar-refractivity contribution is 0.464. The molecule has 1 aromatic heterocycles. The Morgan fingerprint density at radius 1 is 1.24 bits per heavy atom. The monoisotopic (exact) mass is 325 g/mol. The van der Waals surface area contributed by atoms with Gasteiger partial charge in [-0.3, -0.25) is 4.68 Å². The van der Waals surface area contributed by atoms with Gasteiger partial charge in [0.05, 0.1) is 16.4 Å². The first-order valence-electron chi connectivity index (χ1n) is 7.18. The first kappa shape index (κ1) is 16.3. The summed E-state index contributed by atoms with van der Waals surface area (Å²) in [4.78, 5) is 0. The van der Waals surface area contributed by atoms with Crippen LogP contribution in [-0.4, -0.2) is 9.78 Å². The van der Waals surface area contributed by atoms with Gasteiger partial charge >= 0.3 is 0 Å². The van der Waals surface area contributed by atoms with Gasteiger partial charge in [0.2, 0.25) is 0 Å².